The molecule has 1 aromatic heterocycles. The molecular formula is C24H20N4. The molecule has 0 saturated carbocycles. The fourth-order valence-electron chi connectivity index (χ4n) is 3.80. The minimum Gasteiger partial charge on any atom is -0.287 e. The van der Waals surface area contributed by atoms with Crippen molar-refractivity contribution in [3.63, 3.8) is 0 Å². The van der Waals surface area contributed by atoms with E-state index in [2.05, 4.69) is 100 Å². The second-order valence-electron chi connectivity index (χ2n) is 6.92. The molecule has 0 N–H and O–H groups in total. The van der Waals surface area contributed by atoms with Gasteiger partial charge in [0.25, 0.3) is 0 Å². The highest BCUT2D eigenvalue weighted by Gasteiger charge is 2.12. The average Bonchev–Trinajstić information content (AvgIpc) is 3.29. The van der Waals surface area contributed by atoms with Gasteiger partial charge in [-0.25, -0.2) is 4.98 Å². The van der Waals surface area contributed by atoms with Gasteiger partial charge in [0.1, 0.15) is 12.7 Å². The van der Waals surface area contributed by atoms with Crippen LogP contribution < -0.4 is 5.01 Å². The molecule has 0 aliphatic rings. The predicted octanol–water partition coefficient (Wildman–Crippen LogP) is 4.92. The van der Waals surface area contributed by atoms with Gasteiger partial charge in [-0.15, -0.1) is 5.10 Å². The molecule has 4 heteroatoms. The lowest BCUT2D eigenvalue weighted by Crippen LogP contribution is -2.34. The summed E-state index contributed by atoms with van der Waals surface area (Å²) in [7, 11) is 0. The van der Waals surface area contributed by atoms with Crippen LogP contribution in [-0.4, -0.2) is 14.9 Å². The summed E-state index contributed by atoms with van der Waals surface area (Å²) >= 11 is 0. The molecule has 5 rings (SSSR count). The molecule has 0 fully saturated rings. The maximum atomic E-state index is 4.40. The molecule has 0 saturated heterocycles. The van der Waals surface area contributed by atoms with Gasteiger partial charge in [-0.3, -0.25) is 5.01 Å². The highest BCUT2D eigenvalue weighted by molar-refractivity contribution is 5.86. The predicted molar refractivity (Wildman–Crippen MR) is 114 cm³/mol. The van der Waals surface area contributed by atoms with Crippen LogP contribution in [0.2, 0.25) is 0 Å². The zero-order valence-corrected chi connectivity index (χ0v) is 15.4. The Hall–Kier alpha value is -3.66. The Morgan fingerprint density at radius 1 is 0.643 bits per heavy atom. The average molecular weight is 364 g/mol. The molecule has 4 nitrogen and oxygen atoms in total. The maximum absolute atomic E-state index is 4.40. The van der Waals surface area contributed by atoms with Crippen LogP contribution in [0.15, 0.2) is 97.6 Å². The van der Waals surface area contributed by atoms with E-state index in [1.54, 1.807) is 12.7 Å². The van der Waals surface area contributed by atoms with Crippen molar-refractivity contribution >= 4 is 21.5 Å². The van der Waals surface area contributed by atoms with Gasteiger partial charge in [0.15, 0.2) is 0 Å². The number of fused-ring (bicyclic) bond motifs is 2. The summed E-state index contributed by atoms with van der Waals surface area (Å²) in [5, 5.41) is 11.7. The molecule has 0 aliphatic heterocycles. The number of nitrogens with zero attached hydrogens (tertiary/aromatic N) is 4. The van der Waals surface area contributed by atoms with Crippen LogP contribution in [0.25, 0.3) is 21.5 Å². The van der Waals surface area contributed by atoms with Gasteiger partial charge in [-0.2, -0.15) is 4.79 Å². The van der Waals surface area contributed by atoms with Crippen molar-refractivity contribution in [3.8, 4) is 0 Å². The summed E-state index contributed by atoms with van der Waals surface area (Å²) in [6.07, 6.45) is 3.34. The van der Waals surface area contributed by atoms with E-state index in [4.69, 9.17) is 0 Å². The molecule has 0 atom stereocenters. The van der Waals surface area contributed by atoms with Crippen molar-refractivity contribution in [3.05, 3.63) is 109 Å². The lowest BCUT2D eigenvalue weighted by molar-refractivity contribution is 0.522. The molecule has 5 aromatic rings. The van der Waals surface area contributed by atoms with Crippen LogP contribution >= 0.6 is 0 Å². The van der Waals surface area contributed by atoms with Crippen molar-refractivity contribution < 1.29 is 0 Å². The molecule has 28 heavy (non-hydrogen) atoms. The Morgan fingerprint density at radius 2 is 1.18 bits per heavy atom. The van der Waals surface area contributed by atoms with Crippen LogP contribution in [0.1, 0.15) is 11.1 Å². The van der Waals surface area contributed by atoms with E-state index in [1.807, 2.05) is 4.79 Å². The Balaban J connectivity index is 1.55. The Labute approximate surface area is 163 Å². The standard InChI is InChI=1S/C24H20N4/c1-3-13-23-19(7-1)9-5-11-21(23)15-27(28-18-25-17-26-28)16-22-12-6-10-20-8-2-4-14-24(20)22/h1-14,17-18H,15-16H2. The van der Waals surface area contributed by atoms with Crippen molar-refractivity contribution in [2.24, 2.45) is 0 Å². The van der Waals surface area contributed by atoms with Crippen molar-refractivity contribution in [2.45, 2.75) is 13.1 Å². The van der Waals surface area contributed by atoms with Gasteiger partial charge < -0.3 is 0 Å². The quantitative estimate of drug-likeness (QED) is 0.444. The SMILES string of the molecule is c1ccc2c(CN(Cc3cccc4ccccc34)n3cncn3)cccc2c1. The Morgan fingerprint density at radius 3 is 1.71 bits per heavy atom. The molecule has 136 valence electrons. The summed E-state index contributed by atoms with van der Waals surface area (Å²) in [4.78, 5) is 6.00. The van der Waals surface area contributed by atoms with Crippen molar-refractivity contribution in [1.29, 1.82) is 0 Å². The Bertz CT molecular complexity index is 1140. The summed E-state index contributed by atoms with van der Waals surface area (Å²) in [6, 6.07) is 30.0. The fourth-order valence-corrected chi connectivity index (χ4v) is 3.80. The molecule has 0 bridgehead atoms. The maximum Gasteiger partial charge on any atom is 0.139 e. The summed E-state index contributed by atoms with van der Waals surface area (Å²) < 4.78 is 0. The lowest BCUT2D eigenvalue weighted by atomic mass is 10.0. The Kier molecular flexibility index (Phi) is 4.22. The molecular weight excluding hydrogens is 344 g/mol. The van der Waals surface area contributed by atoms with E-state index in [0.29, 0.717) is 0 Å². The van der Waals surface area contributed by atoms with Crippen molar-refractivity contribution in [2.75, 3.05) is 5.01 Å². The first kappa shape index (κ1) is 16.5. The van der Waals surface area contributed by atoms with Crippen molar-refractivity contribution in [1.82, 2.24) is 14.9 Å². The number of hydrogen-bond acceptors (Lipinski definition) is 3. The number of hydrogen-bond donors (Lipinski definition) is 0. The monoisotopic (exact) mass is 364 g/mol. The highest BCUT2D eigenvalue weighted by atomic mass is 15.7. The largest absolute Gasteiger partial charge is 0.287 e. The van der Waals surface area contributed by atoms with E-state index in [9.17, 15) is 0 Å². The van der Waals surface area contributed by atoms with E-state index in [-0.39, 0.29) is 0 Å². The third-order valence-electron chi connectivity index (χ3n) is 5.16. The van der Waals surface area contributed by atoms with Gasteiger partial charge in [-0.05, 0) is 32.7 Å². The molecule has 1 heterocycles. The molecule has 0 spiro atoms. The van der Waals surface area contributed by atoms with Crippen LogP contribution in [0.3, 0.4) is 0 Å². The van der Waals surface area contributed by atoms with Gasteiger partial charge in [0.05, 0.1) is 13.1 Å². The topological polar surface area (TPSA) is 34.0 Å². The van der Waals surface area contributed by atoms with Gasteiger partial charge in [0, 0.05) is 0 Å². The van der Waals surface area contributed by atoms with Gasteiger partial charge >= 0.3 is 0 Å². The first-order valence-electron chi connectivity index (χ1n) is 9.42. The summed E-state index contributed by atoms with van der Waals surface area (Å²) in [5.41, 5.74) is 2.54. The number of rotatable bonds is 5. The van der Waals surface area contributed by atoms with Crippen LogP contribution in [0, 0.1) is 0 Å². The van der Waals surface area contributed by atoms with Gasteiger partial charge in [-0.1, -0.05) is 84.9 Å². The zero-order chi connectivity index (χ0) is 18.8. The molecule has 4 aromatic carbocycles. The second-order valence-corrected chi connectivity index (χ2v) is 6.92. The highest BCUT2D eigenvalue weighted by Crippen LogP contribution is 2.23. The van der Waals surface area contributed by atoms with E-state index in [1.165, 1.54) is 32.7 Å². The minimum absolute atomic E-state index is 0.744. The lowest BCUT2D eigenvalue weighted by Gasteiger charge is -2.25. The van der Waals surface area contributed by atoms with Crippen LogP contribution in [-0.2, 0) is 13.1 Å². The number of aromatic nitrogens is 3. The summed E-state index contributed by atoms with van der Waals surface area (Å²) in [6.45, 7) is 1.49. The normalized spacial score (nSPS) is 11.1. The smallest absolute Gasteiger partial charge is 0.139 e. The van der Waals surface area contributed by atoms with Crippen LogP contribution in [0.5, 0.6) is 0 Å². The van der Waals surface area contributed by atoms with E-state index >= 15 is 0 Å². The van der Waals surface area contributed by atoms with Gasteiger partial charge in [0.2, 0.25) is 0 Å². The third kappa shape index (κ3) is 3.09. The summed E-state index contributed by atoms with van der Waals surface area (Å²) in [5.74, 6) is 0. The van der Waals surface area contributed by atoms with E-state index in [0.717, 1.165) is 13.1 Å². The molecule has 0 amide bonds. The first-order chi connectivity index (χ1) is 13.9. The second kappa shape index (κ2) is 7.16. The zero-order valence-electron chi connectivity index (χ0n) is 15.4. The fraction of sp³-hybridized carbons (Fsp3) is 0.0833. The van der Waals surface area contributed by atoms with E-state index < -0.39 is 0 Å². The molecule has 0 unspecified atom stereocenters. The minimum atomic E-state index is 0.744. The van der Waals surface area contributed by atoms with Crippen LogP contribution in [0.4, 0.5) is 0 Å². The first-order valence-corrected chi connectivity index (χ1v) is 9.42. The number of benzene rings is 4. The molecule has 0 radical (unpaired) electrons. The third-order valence-corrected chi connectivity index (χ3v) is 5.16. The molecule has 0 aliphatic carbocycles.